The molecule has 4 nitrogen and oxygen atoms in total. The molecule has 0 saturated carbocycles. The van der Waals surface area contributed by atoms with Crippen molar-refractivity contribution in [1.29, 1.82) is 0 Å². The molecule has 0 heterocycles. The summed E-state index contributed by atoms with van der Waals surface area (Å²) in [5.74, 6) is -1.40. The fourth-order valence-corrected chi connectivity index (χ4v) is 2.66. The van der Waals surface area contributed by atoms with E-state index in [1.165, 1.54) is 11.8 Å². The summed E-state index contributed by atoms with van der Waals surface area (Å²) in [5, 5.41) is 11.5. The number of benzene rings is 1. The molecule has 2 unspecified atom stereocenters. The summed E-state index contributed by atoms with van der Waals surface area (Å²) in [6.07, 6.45) is 0. The van der Waals surface area contributed by atoms with Crippen LogP contribution in [0.15, 0.2) is 33.6 Å². The lowest BCUT2D eigenvalue weighted by Crippen LogP contribution is -2.40. The molecule has 0 radical (unpaired) electrons. The van der Waals surface area contributed by atoms with Crippen LogP contribution in [0.1, 0.15) is 13.8 Å². The molecule has 19 heavy (non-hydrogen) atoms. The minimum absolute atomic E-state index is 0.162. The number of aliphatic carboxylic acids is 1. The van der Waals surface area contributed by atoms with Gasteiger partial charge in [-0.25, -0.2) is 0 Å². The molecule has 0 bridgehead atoms. The number of hydrogen-bond acceptors (Lipinski definition) is 3. The molecule has 1 rings (SSSR count). The van der Waals surface area contributed by atoms with Crippen molar-refractivity contribution in [2.24, 2.45) is 5.92 Å². The summed E-state index contributed by atoms with van der Waals surface area (Å²) >= 11 is 4.78. The van der Waals surface area contributed by atoms with Crippen LogP contribution in [-0.2, 0) is 9.59 Å². The number of rotatable bonds is 6. The number of nitrogens with one attached hydrogen (secondary N) is 1. The number of carboxylic acid groups (broad SMARTS) is 1. The second-order valence-electron chi connectivity index (χ2n) is 4.23. The summed E-state index contributed by atoms with van der Waals surface area (Å²) < 4.78 is 0.964. The number of halogens is 1. The maximum Gasteiger partial charge on any atom is 0.308 e. The molecule has 6 heteroatoms. The first-order valence-corrected chi connectivity index (χ1v) is 7.58. The van der Waals surface area contributed by atoms with E-state index in [4.69, 9.17) is 5.11 Å². The highest BCUT2D eigenvalue weighted by Gasteiger charge is 2.20. The zero-order valence-electron chi connectivity index (χ0n) is 10.7. The number of carbonyl (C=O) groups is 2. The number of thioether (sulfide) groups is 1. The Balaban J connectivity index is 2.42. The number of carboxylic acids is 1. The Morgan fingerprint density at radius 2 is 2.11 bits per heavy atom. The van der Waals surface area contributed by atoms with Gasteiger partial charge in [-0.15, -0.1) is 11.8 Å². The first-order chi connectivity index (χ1) is 8.90. The highest BCUT2D eigenvalue weighted by atomic mass is 79.9. The maximum absolute atomic E-state index is 11.7. The van der Waals surface area contributed by atoms with E-state index < -0.39 is 11.9 Å². The number of amides is 1. The molecule has 104 valence electrons. The van der Waals surface area contributed by atoms with Crippen LogP contribution in [0.25, 0.3) is 0 Å². The van der Waals surface area contributed by atoms with Gasteiger partial charge in [-0.2, -0.15) is 0 Å². The molecular formula is C13H16BrNO3S. The standard InChI is InChI=1S/C13H16BrNO3S/c1-8(13(17)18)9(2)15-12(16)7-19-11-5-3-4-10(14)6-11/h3-6,8-9H,7H2,1-2H3,(H,15,16)(H,17,18). The summed E-state index contributed by atoms with van der Waals surface area (Å²) in [5.41, 5.74) is 0. The number of carbonyl (C=O) groups excluding carboxylic acids is 1. The van der Waals surface area contributed by atoms with E-state index in [1.54, 1.807) is 13.8 Å². The van der Waals surface area contributed by atoms with Crippen LogP contribution in [0.5, 0.6) is 0 Å². The van der Waals surface area contributed by atoms with Gasteiger partial charge in [-0.05, 0) is 32.0 Å². The minimum Gasteiger partial charge on any atom is -0.481 e. The third kappa shape index (κ3) is 5.65. The van der Waals surface area contributed by atoms with Gasteiger partial charge in [0.15, 0.2) is 0 Å². The molecular weight excluding hydrogens is 330 g/mol. The van der Waals surface area contributed by atoms with E-state index >= 15 is 0 Å². The molecule has 1 amide bonds. The Kier molecular flexibility index (Phi) is 6.37. The second-order valence-corrected chi connectivity index (χ2v) is 6.19. The van der Waals surface area contributed by atoms with E-state index in [1.807, 2.05) is 24.3 Å². The fraction of sp³-hybridized carbons (Fsp3) is 0.385. The molecule has 0 fully saturated rings. The van der Waals surface area contributed by atoms with Crippen LogP contribution < -0.4 is 5.32 Å². The van der Waals surface area contributed by atoms with E-state index in [2.05, 4.69) is 21.2 Å². The molecule has 1 aromatic rings. The van der Waals surface area contributed by atoms with Crippen LogP contribution in [0.3, 0.4) is 0 Å². The van der Waals surface area contributed by atoms with Crippen LogP contribution in [0, 0.1) is 5.92 Å². The molecule has 0 spiro atoms. The maximum atomic E-state index is 11.7. The summed E-state index contributed by atoms with van der Waals surface area (Å²) in [6, 6.07) is 7.29. The van der Waals surface area contributed by atoms with Crippen molar-refractivity contribution in [3.63, 3.8) is 0 Å². The van der Waals surface area contributed by atoms with Crippen molar-refractivity contribution in [3.8, 4) is 0 Å². The van der Waals surface area contributed by atoms with Gasteiger partial charge in [-0.3, -0.25) is 9.59 Å². The van der Waals surface area contributed by atoms with Crippen molar-refractivity contribution >= 4 is 39.6 Å². The van der Waals surface area contributed by atoms with Crippen LogP contribution in [0.4, 0.5) is 0 Å². The molecule has 0 aliphatic carbocycles. The van der Waals surface area contributed by atoms with E-state index in [-0.39, 0.29) is 17.7 Å². The minimum atomic E-state index is -0.910. The van der Waals surface area contributed by atoms with Gasteiger partial charge in [-0.1, -0.05) is 22.0 Å². The number of hydrogen-bond donors (Lipinski definition) is 2. The van der Waals surface area contributed by atoms with Gasteiger partial charge >= 0.3 is 5.97 Å². The van der Waals surface area contributed by atoms with E-state index in [0.717, 1.165) is 9.37 Å². The summed E-state index contributed by atoms with van der Waals surface area (Å²) in [7, 11) is 0. The van der Waals surface area contributed by atoms with Crippen molar-refractivity contribution in [2.45, 2.75) is 24.8 Å². The van der Waals surface area contributed by atoms with Gasteiger partial charge < -0.3 is 10.4 Å². The van der Waals surface area contributed by atoms with E-state index in [9.17, 15) is 9.59 Å². The van der Waals surface area contributed by atoms with Crippen LogP contribution >= 0.6 is 27.7 Å². The molecule has 2 N–H and O–H groups in total. The van der Waals surface area contributed by atoms with Crippen LogP contribution in [0.2, 0.25) is 0 Å². The summed E-state index contributed by atoms with van der Waals surface area (Å²) in [4.78, 5) is 23.5. The van der Waals surface area contributed by atoms with Crippen molar-refractivity contribution in [3.05, 3.63) is 28.7 Å². The zero-order valence-corrected chi connectivity index (χ0v) is 13.1. The third-order valence-corrected chi connectivity index (χ3v) is 4.18. The predicted octanol–water partition coefficient (Wildman–Crippen LogP) is 2.77. The first-order valence-electron chi connectivity index (χ1n) is 5.80. The lowest BCUT2D eigenvalue weighted by molar-refractivity contribution is -0.142. The fourth-order valence-electron chi connectivity index (χ4n) is 1.34. The Morgan fingerprint density at radius 1 is 1.42 bits per heavy atom. The Bertz CT molecular complexity index is 467. The quantitative estimate of drug-likeness (QED) is 0.778. The van der Waals surface area contributed by atoms with Crippen molar-refractivity contribution in [2.75, 3.05) is 5.75 Å². The second kappa shape index (κ2) is 7.55. The lowest BCUT2D eigenvalue weighted by atomic mass is 10.0. The average Bonchev–Trinajstić information content (AvgIpc) is 2.35. The zero-order chi connectivity index (χ0) is 14.4. The molecule has 0 saturated heterocycles. The Labute approximate surface area is 125 Å². The normalized spacial score (nSPS) is 13.6. The monoisotopic (exact) mass is 345 g/mol. The lowest BCUT2D eigenvalue weighted by Gasteiger charge is -2.17. The molecule has 0 aromatic heterocycles. The molecule has 0 aliphatic heterocycles. The van der Waals surface area contributed by atoms with Gasteiger partial charge in [0.2, 0.25) is 5.91 Å². The Morgan fingerprint density at radius 3 is 2.68 bits per heavy atom. The van der Waals surface area contributed by atoms with Gasteiger partial charge in [0.1, 0.15) is 0 Å². The van der Waals surface area contributed by atoms with Gasteiger partial charge in [0, 0.05) is 15.4 Å². The summed E-state index contributed by atoms with van der Waals surface area (Å²) in [6.45, 7) is 3.27. The highest BCUT2D eigenvalue weighted by Crippen LogP contribution is 2.21. The SMILES string of the molecule is CC(NC(=O)CSc1cccc(Br)c1)C(C)C(=O)O. The van der Waals surface area contributed by atoms with Crippen LogP contribution in [-0.4, -0.2) is 28.8 Å². The van der Waals surface area contributed by atoms with Crippen molar-refractivity contribution in [1.82, 2.24) is 5.32 Å². The van der Waals surface area contributed by atoms with Crippen molar-refractivity contribution < 1.29 is 14.7 Å². The van der Waals surface area contributed by atoms with E-state index in [0.29, 0.717) is 0 Å². The highest BCUT2D eigenvalue weighted by molar-refractivity contribution is 9.10. The molecule has 1 aromatic carbocycles. The topological polar surface area (TPSA) is 66.4 Å². The first kappa shape index (κ1) is 16.0. The Hall–Kier alpha value is -1.01. The molecule has 0 aliphatic rings. The molecule has 2 atom stereocenters. The largest absolute Gasteiger partial charge is 0.481 e. The smallest absolute Gasteiger partial charge is 0.308 e. The van der Waals surface area contributed by atoms with Gasteiger partial charge in [0.05, 0.1) is 11.7 Å². The predicted molar refractivity (Wildman–Crippen MR) is 79.3 cm³/mol. The average molecular weight is 346 g/mol. The van der Waals surface area contributed by atoms with Gasteiger partial charge in [0.25, 0.3) is 0 Å². The third-order valence-electron chi connectivity index (χ3n) is 2.69.